The Labute approximate surface area is 173 Å². The second kappa shape index (κ2) is 8.31. The highest BCUT2D eigenvalue weighted by Gasteiger charge is 2.19. The topological polar surface area (TPSA) is 69.7 Å². The molecular weight excluding hydrogens is 386 g/mol. The van der Waals surface area contributed by atoms with Crippen molar-refractivity contribution >= 4 is 22.7 Å². The van der Waals surface area contributed by atoms with E-state index in [4.69, 9.17) is 9.73 Å². The third-order valence-electron chi connectivity index (χ3n) is 5.30. The Morgan fingerprint density at radius 1 is 1.21 bits per heavy atom. The quantitative estimate of drug-likeness (QED) is 0.432. The van der Waals surface area contributed by atoms with E-state index in [-0.39, 0.29) is 16.7 Å². The number of rotatable bonds is 5. The lowest BCUT2D eigenvalue weighted by molar-refractivity contribution is -0.384. The second-order valence-corrected chi connectivity index (χ2v) is 8.17. The van der Waals surface area contributed by atoms with Crippen molar-refractivity contribution in [2.45, 2.75) is 39.3 Å². The van der Waals surface area contributed by atoms with E-state index in [1.165, 1.54) is 11.1 Å². The number of non-ortho nitro benzene ring substituents is 1. The molecule has 0 spiro atoms. The molecule has 1 aromatic heterocycles. The molecule has 1 unspecified atom stereocenters. The summed E-state index contributed by atoms with van der Waals surface area (Å²) in [5.41, 5.74) is 5.41. The molecule has 150 valence electrons. The molecule has 3 aromatic rings. The second-order valence-electron chi connectivity index (χ2n) is 7.33. The molecule has 1 saturated heterocycles. The lowest BCUT2D eigenvalue weighted by atomic mass is 10.1. The molecule has 7 heteroatoms. The lowest BCUT2D eigenvalue weighted by Gasteiger charge is -2.14. The fraction of sp³-hybridized carbons (Fsp3) is 0.318. The molecule has 6 nitrogen and oxygen atoms in total. The van der Waals surface area contributed by atoms with Gasteiger partial charge in [-0.3, -0.25) is 10.1 Å². The minimum Gasteiger partial charge on any atom is -0.376 e. The number of nitro benzene ring substituents is 1. The van der Waals surface area contributed by atoms with Gasteiger partial charge in [0.25, 0.3) is 5.69 Å². The Balaban J connectivity index is 1.77. The normalized spacial score (nSPS) is 17.0. The van der Waals surface area contributed by atoms with E-state index in [1.807, 2.05) is 6.07 Å². The maximum Gasteiger partial charge on any atom is 0.269 e. The maximum atomic E-state index is 11.0. The monoisotopic (exact) mass is 409 g/mol. The summed E-state index contributed by atoms with van der Waals surface area (Å²) < 4.78 is 8.04. The number of aryl methyl sites for hydroxylation is 2. The van der Waals surface area contributed by atoms with Crippen LogP contribution in [0.1, 0.15) is 24.0 Å². The smallest absolute Gasteiger partial charge is 0.269 e. The molecule has 1 aliphatic rings. The van der Waals surface area contributed by atoms with Crippen molar-refractivity contribution in [2.75, 3.05) is 6.61 Å². The van der Waals surface area contributed by atoms with E-state index >= 15 is 0 Å². The summed E-state index contributed by atoms with van der Waals surface area (Å²) in [4.78, 5) is 16.4. The van der Waals surface area contributed by atoms with Crippen LogP contribution in [-0.2, 0) is 11.3 Å². The first-order valence-corrected chi connectivity index (χ1v) is 10.6. The van der Waals surface area contributed by atoms with Gasteiger partial charge in [0.15, 0.2) is 4.80 Å². The Morgan fingerprint density at radius 3 is 2.66 bits per heavy atom. The number of aromatic nitrogens is 1. The molecule has 0 aliphatic carbocycles. The van der Waals surface area contributed by atoms with E-state index in [2.05, 4.69) is 35.9 Å². The van der Waals surface area contributed by atoms with Crippen molar-refractivity contribution in [3.05, 3.63) is 73.9 Å². The van der Waals surface area contributed by atoms with Crippen molar-refractivity contribution in [3.8, 4) is 11.3 Å². The number of benzene rings is 2. The van der Waals surface area contributed by atoms with Gasteiger partial charge in [-0.2, -0.15) is 0 Å². The highest BCUT2D eigenvalue weighted by molar-refractivity contribution is 7.07. The first kappa shape index (κ1) is 19.5. The summed E-state index contributed by atoms with van der Waals surface area (Å²) in [6, 6.07) is 12.9. The Bertz CT molecular complexity index is 1090. The van der Waals surface area contributed by atoms with Gasteiger partial charge in [0.1, 0.15) is 0 Å². The maximum absolute atomic E-state index is 11.0. The van der Waals surface area contributed by atoms with Crippen molar-refractivity contribution in [1.29, 1.82) is 0 Å². The molecule has 0 N–H and O–H groups in total. The summed E-state index contributed by atoms with van der Waals surface area (Å²) in [6.45, 7) is 5.70. The van der Waals surface area contributed by atoms with Crippen molar-refractivity contribution in [2.24, 2.45) is 4.99 Å². The van der Waals surface area contributed by atoms with Crippen LogP contribution in [-0.4, -0.2) is 22.2 Å². The largest absolute Gasteiger partial charge is 0.376 e. The molecule has 0 bridgehead atoms. The number of nitro groups is 1. The van der Waals surface area contributed by atoms with Crippen LogP contribution in [0.4, 0.5) is 11.4 Å². The highest BCUT2D eigenvalue weighted by Crippen LogP contribution is 2.25. The molecule has 2 heterocycles. The summed E-state index contributed by atoms with van der Waals surface area (Å²) in [6.07, 6.45) is 2.28. The minimum atomic E-state index is -0.377. The molecule has 0 saturated carbocycles. The van der Waals surface area contributed by atoms with Gasteiger partial charge in [-0.05, 0) is 67.6 Å². The number of thiazole rings is 1. The van der Waals surface area contributed by atoms with Gasteiger partial charge >= 0.3 is 0 Å². The SMILES string of the molecule is Cc1ccc(N=c2scc(-c3ccc([N+](=O)[O-])cc3)n2CC2CCCO2)cc1C. The van der Waals surface area contributed by atoms with Crippen LogP contribution in [0.3, 0.4) is 0 Å². The zero-order chi connectivity index (χ0) is 20.4. The Kier molecular flexibility index (Phi) is 5.60. The van der Waals surface area contributed by atoms with Crippen molar-refractivity contribution in [3.63, 3.8) is 0 Å². The van der Waals surface area contributed by atoms with Gasteiger partial charge in [0.05, 0.1) is 29.0 Å². The van der Waals surface area contributed by atoms with Gasteiger partial charge in [0, 0.05) is 24.1 Å². The zero-order valence-corrected chi connectivity index (χ0v) is 17.3. The van der Waals surface area contributed by atoms with E-state index in [1.54, 1.807) is 35.6 Å². The molecule has 1 atom stereocenters. The minimum absolute atomic E-state index is 0.0923. The average molecular weight is 410 g/mol. The number of nitrogens with zero attached hydrogens (tertiary/aromatic N) is 3. The zero-order valence-electron chi connectivity index (χ0n) is 16.5. The summed E-state index contributed by atoms with van der Waals surface area (Å²) >= 11 is 1.58. The van der Waals surface area contributed by atoms with Crippen LogP contribution in [0.15, 0.2) is 52.8 Å². The van der Waals surface area contributed by atoms with E-state index in [9.17, 15) is 10.1 Å². The summed E-state index contributed by atoms with van der Waals surface area (Å²) in [5, 5.41) is 13.0. The third kappa shape index (κ3) is 4.31. The summed E-state index contributed by atoms with van der Waals surface area (Å²) in [5.74, 6) is 0. The molecule has 1 aliphatic heterocycles. The predicted octanol–water partition coefficient (Wildman–Crippen LogP) is 5.15. The van der Waals surface area contributed by atoms with Crippen LogP contribution in [0.5, 0.6) is 0 Å². The standard InChI is InChI=1S/C22H23N3O3S/c1-15-5-8-18(12-16(15)2)23-22-24(13-20-4-3-11-28-20)21(14-29-22)17-6-9-19(10-7-17)25(26)27/h5-10,12,14,20H,3-4,11,13H2,1-2H3. The first-order valence-electron chi connectivity index (χ1n) is 9.68. The first-order chi connectivity index (χ1) is 14.0. The van der Waals surface area contributed by atoms with Crippen LogP contribution in [0.2, 0.25) is 0 Å². The molecular formula is C22H23N3O3S. The fourth-order valence-electron chi connectivity index (χ4n) is 3.48. The van der Waals surface area contributed by atoms with Crippen LogP contribution >= 0.6 is 11.3 Å². The number of hydrogen-bond donors (Lipinski definition) is 0. The van der Waals surface area contributed by atoms with Crippen molar-refractivity contribution < 1.29 is 9.66 Å². The molecule has 0 amide bonds. The van der Waals surface area contributed by atoms with Gasteiger partial charge < -0.3 is 9.30 Å². The van der Waals surface area contributed by atoms with Gasteiger partial charge in [-0.1, -0.05) is 6.07 Å². The average Bonchev–Trinajstić information content (AvgIpc) is 3.36. The lowest BCUT2D eigenvalue weighted by Crippen LogP contribution is -2.24. The predicted molar refractivity (Wildman–Crippen MR) is 115 cm³/mol. The van der Waals surface area contributed by atoms with E-state index < -0.39 is 0 Å². The molecule has 1 fully saturated rings. The van der Waals surface area contributed by atoms with Gasteiger partial charge in [-0.15, -0.1) is 11.3 Å². The van der Waals surface area contributed by atoms with Crippen LogP contribution in [0.25, 0.3) is 11.3 Å². The fourth-order valence-corrected chi connectivity index (χ4v) is 4.42. The molecule has 4 rings (SSSR count). The molecule has 2 aromatic carbocycles. The van der Waals surface area contributed by atoms with Gasteiger partial charge in [0.2, 0.25) is 0 Å². The third-order valence-corrected chi connectivity index (χ3v) is 6.16. The van der Waals surface area contributed by atoms with E-state index in [0.29, 0.717) is 0 Å². The highest BCUT2D eigenvalue weighted by atomic mass is 32.1. The van der Waals surface area contributed by atoms with Crippen molar-refractivity contribution in [1.82, 2.24) is 4.57 Å². The molecule has 29 heavy (non-hydrogen) atoms. The number of ether oxygens (including phenoxy) is 1. The Hall–Kier alpha value is -2.77. The van der Waals surface area contributed by atoms with Gasteiger partial charge in [-0.25, -0.2) is 4.99 Å². The Morgan fingerprint density at radius 2 is 2.00 bits per heavy atom. The van der Waals surface area contributed by atoms with E-state index in [0.717, 1.165) is 47.7 Å². The summed E-state index contributed by atoms with van der Waals surface area (Å²) in [7, 11) is 0. The van der Waals surface area contributed by atoms with Crippen LogP contribution in [0, 0.1) is 24.0 Å². The van der Waals surface area contributed by atoms with Crippen LogP contribution < -0.4 is 4.80 Å². The number of hydrogen-bond acceptors (Lipinski definition) is 5. The molecule has 0 radical (unpaired) electrons.